The monoisotopic (exact) mass is 474 g/mol. The highest BCUT2D eigenvalue weighted by Crippen LogP contribution is 2.01. The Balaban J connectivity index is 5.00. The zero-order valence-corrected chi connectivity index (χ0v) is 17.8. The molecule has 0 aliphatic rings. The SMILES string of the molecule is NC(=O)CCC(NC(=O)CNC(=O)C(CCCN=C(N)N)NC(=O)C(N)CC(=O)O)C(=O)O. The van der Waals surface area contributed by atoms with Crippen molar-refractivity contribution in [3.8, 4) is 0 Å². The number of hydrogen-bond acceptors (Lipinski definition) is 8. The van der Waals surface area contributed by atoms with Crippen LogP contribution in [0.3, 0.4) is 0 Å². The van der Waals surface area contributed by atoms with E-state index in [1.54, 1.807) is 0 Å². The molecule has 0 rings (SSSR count). The van der Waals surface area contributed by atoms with Crippen molar-refractivity contribution in [2.45, 2.75) is 50.2 Å². The molecule has 0 spiro atoms. The summed E-state index contributed by atoms with van der Waals surface area (Å²) in [7, 11) is 0. The Kier molecular flexibility index (Phi) is 13.2. The fraction of sp³-hybridized carbons (Fsp3) is 0.588. The average molecular weight is 474 g/mol. The molecule has 0 fully saturated rings. The van der Waals surface area contributed by atoms with E-state index in [1.165, 1.54) is 0 Å². The summed E-state index contributed by atoms with van der Waals surface area (Å²) in [5.41, 5.74) is 20.9. The molecule has 0 saturated carbocycles. The molecule has 0 aromatic heterocycles. The topological polar surface area (TPSA) is 295 Å². The maximum Gasteiger partial charge on any atom is 0.326 e. The molecule has 3 atom stereocenters. The van der Waals surface area contributed by atoms with Gasteiger partial charge in [-0.25, -0.2) is 4.79 Å². The number of carbonyl (C=O) groups excluding carboxylic acids is 4. The van der Waals surface area contributed by atoms with E-state index in [-0.39, 0.29) is 38.2 Å². The van der Waals surface area contributed by atoms with Crippen LogP contribution >= 0.6 is 0 Å². The second kappa shape index (κ2) is 15.0. The van der Waals surface area contributed by atoms with Gasteiger partial charge in [0, 0.05) is 13.0 Å². The number of aliphatic imine (C=N–C) groups is 1. The molecule has 0 aromatic rings. The first-order valence-corrected chi connectivity index (χ1v) is 9.74. The molecule has 13 N–H and O–H groups in total. The average Bonchev–Trinajstić information content (AvgIpc) is 2.70. The van der Waals surface area contributed by atoms with Gasteiger partial charge in [0.1, 0.15) is 12.1 Å². The van der Waals surface area contributed by atoms with Crippen molar-refractivity contribution in [1.82, 2.24) is 16.0 Å². The summed E-state index contributed by atoms with van der Waals surface area (Å²) in [6.07, 6.45) is -0.922. The number of guanidine groups is 1. The van der Waals surface area contributed by atoms with Gasteiger partial charge in [-0.2, -0.15) is 0 Å². The summed E-state index contributed by atoms with van der Waals surface area (Å²) >= 11 is 0. The Morgan fingerprint density at radius 2 is 1.52 bits per heavy atom. The van der Waals surface area contributed by atoms with E-state index < -0.39 is 66.7 Å². The predicted molar refractivity (Wildman–Crippen MR) is 113 cm³/mol. The maximum atomic E-state index is 12.5. The minimum absolute atomic E-state index is 0.0200. The molecule has 16 nitrogen and oxygen atoms in total. The van der Waals surface area contributed by atoms with Crippen LogP contribution in [-0.2, 0) is 28.8 Å². The largest absolute Gasteiger partial charge is 0.481 e. The Hall–Kier alpha value is -3.95. The van der Waals surface area contributed by atoms with E-state index in [1.807, 2.05) is 0 Å². The van der Waals surface area contributed by atoms with Crippen molar-refractivity contribution in [2.75, 3.05) is 13.1 Å². The number of carboxylic acid groups (broad SMARTS) is 2. The molecule has 186 valence electrons. The van der Waals surface area contributed by atoms with E-state index in [2.05, 4.69) is 20.9 Å². The van der Waals surface area contributed by atoms with Gasteiger partial charge in [0.05, 0.1) is 19.0 Å². The normalized spacial score (nSPS) is 13.0. The lowest BCUT2D eigenvalue weighted by atomic mass is 10.1. The van der Waals surface area contributed by atoms with E-state index in [4.69, 9.17) is 33.1 Å². The molecule has 0 aliphatic heterocycles. The fourth-order valence-corrected chi connectivity index (χ4v) is 2.41. The highest BCUT2D eigenvalue weighted by molar-refractivity contribution is 5.93. The lowest BCUT2D eigenvalue weighted by molar-refractivity contribution is -0.142. The third kappa shape index (κ3) is 13.9. The molecule has 0 aliphatic carbocycles. The summed E-state index contributed by atoms with van der Waals surface area (Å²) in [4.78, 5) is 73.0. The number of rotatable bonds is 16. The zero-order valence-electron chi connectivity index (χ0n) is 17.8. The van der Waals surface area contributed by atoms with E-state index in [0.29, 0.717) is 0 Å². The Labute approximate surface area is 188 Å². The van der Waals surface area contributed by atoms with Crippen molar-refractivity contribution in [2.24, 2.45) is 27.9 Å². The second-order valence-corrected chi connectivity index (χ2v) is 6.90. The van der Waals surface area contributed by atoms with Crippen LogP contribution in [0.1, 0.15) is 32.1 Å². The summed E-state index contributed by atoms with van der Waals surface area (Å²) < 4.78 is 0. The quantitative estimate of drug-likeness (QED) is 0.0581. The van der Waals surface area contributed by atoms with E-state index >= 15 is 0 Å². The van der Waals surface area contributed by atoms with Gasteiger partial charge in [0.25, 0.3) is 0 Å². The van der Waals surface area contributed by atoms with Crippen molar-refractivity contribution in [1.29, 1.82) is 0 Å². The smallest absolute Gasteiger partial charge is 0.326 e. The molecule has 0 bridgehead atoms. The minimum atomic E-state index is -1.42. The van der Waals surface area contributed by atoms with Crippen molar-refractivity contribution in [3.63, 3.8) is 0 Å². The molecule has 0 heterocycles. The van der Waals surface area contributed by atoms with Gasteiger partial charge in [0.2, 0.25) is 23.6 Å². The fourth-order valence-electron chi connectivity index (χ4n) is 2.41. The molecule has 33 heavy (non-hydrogen) atoms. The van der Waals surface area contributed by atoms with Crippen LogP contribution in [0.15, 0.2) is 4.99 Å². The van der Waals surface area contributed by atoms with Gasteiger partial charge in [-0.3, -0.25) is 29.0 Å². The lowest BCUT2D eigenvalue weighted by Gasteiger charge is -2.20. The summed E-state index contributed by atoms with van der Waals surface area (Å²) in [5, 5.41) is 24.5. The molecular formula is C17H30N8O8. The first-order chi connectivity index (χ1) is 15.3. The van der Waals surface area contributed by atoms with Crippen molar-refractivity contribution < 1.29 is 39.0 Å². The van der Waals surface area contributed by atoms with Gasteiger partial charge in [-0.05, 0) is 19.3 Å². The highest BCUT2D eigenvalue weighted by atomic mass is 16.4. The van der Waals surface area contributed by atoms with Gasteiger partial charge in [0.15, 0.2) is 5.96 Å². The summed E-state index contributed by atoms with van der Waals surface area (Å²) in [6.45, 7) is -0.509. The number of aliphatic carboxylic acids is 2. The molecule has 4 amide bonds. The third-order valence-corrected chi connectivity index (χ3v) is 4.05. The number of hydrogen-bond donors (Lipinski definition) is 9. The number of carbonyl (C=O) groups is 6. The Morgan fingerprint density at radius 1 is 0.879 bits per heavy atom. The molecule has 16 heteroatoms. The highest BCUT2D eigenvalue weighted by Gasteiger charge is 2.26. The number of nitrogens with one attached hydrogen (secondary N) is 3. The van der Waals surface area contributed by atoms with Crippen LogP contribution in [0.4, 0.5) is 0 Å². The first kappa shape index (κ1) is 29.0. The second-order valence-electron chi connectivity index (χ2n) is 6.90. The Bertz CT molecular complexity index is 768. The van der Waals surface area contributed by atoms with Crippen LogP contribution in [0.2, 0.25) is 0 Å². The van der Waals surface area contributed by atoms with Gasteiger partial charge in [-0.1, -0.05) is 0 Å². The van der Waals surface area contributed by atoms with Crippen LogP contribution in [-0.4, -0.2) is 83.0 Å². The predicted octanol–water partition coefficient (Wildman–Crippen LogP) is -4.72. The number of primary amides is 1. The maximum absolute atomic E-state index is 12.5. The third-order valence-electron chi connectivity index (χ3n) is 4.05. The van der Waals surface area contributed by atoms with Crippen LogP contribution in [0, 0.1) is 0 Å². The van der Waals surface area contributed by atoms with E-state index in [0.717, 1.165) is 0 Å². The van der Waals surface area contributed by atoms with Crippen molar-refractivity contribution in [3.05, 3.63) is 0 Å². The summed E-state index contributed by atoms with van der Waals surface area (Å²) in [5.74, 6) is -6.21. The molecule has 3 unspecified atom stereocenters. The van der Waals surface area contributed by atoms with Crippen molar-refractivity contribution >= 4 is 41.5 Å². The number of nitrogens with two attached hydrogens (primary N) is 4. The molecular weight excluding hydrogens is 444 g/mol. The molecule has 0 saturated heterocycles. The lowest BCUT2D eigenvalue weighted by Crippen LogP contribution is -2.53. The molecule has 0 aromatic carbocycles. The molecule has 0 radical (unpaired) electrons. The van der Waals surface area contributed by atoms with Crippen LogP contribution in [0.25, 0.3) is 0 Å². The van der Waals surface area contributed by atoms with Crippen LogP contribution < -0.4 is 38.9 Å². The standard InChI is InChI=1S/C17H30N8O8/c18-8(6-13(28)29)14(30)25-9(2-1-5-22-17(20)21)15(31)23-7-12(27)24-10(16(32)33)3-4-11(19)26/h8-10H,1-7,18H2,(H2,19,26)(H,23,31)(H,24,27)(H,25,30)(H,28,29)(H,32,33)(H4,20,21,22). The van der Waals surface area contributed by atoms with E-state index in [9.17, 15) is 28.8 Å². The van der Waals surface area contributed by atoms with Gasteiger partial charge >= 0.3 is 11.9 Å². The Morgan fingerprint density at radius 3 is 2.03 bits per heavy atom. The van der Waals surface area contributed by atoms with Crippen LogP contribution in [0.5, 0.6) is 0 Å². The number of carboxylic acids is 2. The minimum Gasteiger partial charge on any atom is -0.481 e. The number of nitrogens with zero attached hydrogens (tertiary/aromatic N) is 1. The first-order valence-electron chi connectivity index (χ1n) is 9.74. The number of amides is 4. The zero-order chi connectivity index (χ0) is 25.6. The van der Waals surface area contributed by atoms with Gasteiger partial charge < -0.3 is 49.1 Å². The van der Waals surface area contributed by atoms with Gasteiger partial charge in [-0.15, -0.1) is 0 Å². The summed E-state index contributed by atoms with van der Waals surface area (Å²) in [6, 6.07) is -4.02.